The minimum absolute atomic E-state index is 0.123. The van der Waals surface area contributed by atoms with E-state index in [1.54, 1.807) is 6.92 Å². The Hall–Kier alpha value is -1.63. The molecule has 0 aromatic heterocycles. The van der Waals surface area contributed by atoms with Crippen LogP contribution in [0.1, 0.15) is 6.92 Å². The SMILES string of the molecule is CCN(CC(=O)NC)C(=O)C(=O)NCCN. The lowest BCUT2D eigenvalue weighted by Gasteiger charge is -2.18. The third-order valence-corrected chi connectivity index (χ3v) is 1.91. The van der Waals surface area contributed by atoms with Crippen LogP contribution < -0.4 is 16.4 Å². The van der Waals surface area contributed by atoms with Gasteiger partial charge < -0.3 is 21.3 Å². The monoisotopic (exact) mass is 230 g/mol. The zero-order valence-electron chi connectivity index (χ0n) is 9.58. The van der Waals surface area contributed by atoms with Crippen LogP contribution in [0.25, 0.3) is 0 Å². The number of hydrogen-bond donors (Lipinski definition) is 3. The lowest BCUT2D eigenvalue weighted by Crippen LogP contribution is -2.47. The van der Waals surface area contributed by atoms with Crippen molar-refractivity contribution >= 4 is 17.7 Å². The molecule has 0 heterocycles. The average molecular weight is 230 g/mol. The Morgan fingerprint density at radius 2 is 1.94 bits per heavy atom. The van der Waals surface area contributed by atoms with Gasteiger partial charge in [0.05, 0.1) is 6.54 Å². The standard InChI is InChI=1S/C9H18N4O3/c1-3-13(6-7(14)11-2)9(16)8(15)12-5-4-10/h3-6,10H2,1-2H3,(H,11,14)(H,12,15). The number of nitrogens with zero attached hydrogens (tertiary/aromatic N) is 1. The predicted octanol–water partition coefficient (Wildman–Crippen LogP) is -2.34. The number of carbonyl (C=O) groups excluding carboxylic acids is 3. The van der Waals surface area contributed by atoms with Crippen LogP contribution in [0.3, 0.4) is 0 Å². The summed E-state index contributed by atoms with van der Waals surface area (Å²) in [5.41, 5.74) is 5.18. The molecule has 7 nitrogen and oxygen atoms in total. The Morgan fingerprint density at radius 3 is 2.38 bits per heavy atom. The Bertz CT molecular complexity index is 267. The quantitative estimate of drug-likeness (QED) is 0.460. The molecule has 0 spiro atoms. The largest absolute Gasteiger partial charge is 0.358 e. The molecule has 0 aromatic carbocycles. The lowest BCUT2D eigenvalue weighted by molar-refractivity contribution is -0.147. The van der Waals surface area contributed by atoms with Crippen molar-refractivity contribution in [3.8, 4) is 0 Å². The van der Waals surface area contributed by atoms with Gasteiger partial charge in [0.2, 0.25) is 5.91 Å². The first-order valence-corrected chi connectivity index (χ1v) is 5.04. The molecule has 0 saturated heterocycles. The number of nitrogens with two attached hydrogens (primary N) is 1. The average Bonchev–Trinajstić information content (AvgIpc) is 2.31. The van der Waals surface area contributed by atoms with Crippen LogP contribution in [0, 0.1) is 0 Å². The van der Waals surface area contributed by atoms with Gasteiger partial charge in [-0.25, -0.2) is 0 Å². The number of amides is 3. The number of carbonyl (C=O) groups is 3. The van der Waals surface area contributed by atoms with Crippen LogP contribution >= 0.6 is 0 Å². The highest BCUT2D eigenvalue weighted by Crippen LogP contribution is 1.89. The van der Waals surface area contributed by atoms with Crippen molar-refractivity contribution in [2.75, 3.05) is 33.2 Å². The van der Waals surface area contributed by atoms with Crippen LogP contribution in [0.2, 0.25) is 0 Å². The van der Waals surface area contributed by atoms with Crippen molar-refractivity contribution in [2.45, 2.75) is 6.92 Å². The van der Waals surface area contributed by atoms with Crippen molar-refractivity contribution < 1.29 is 14.4 Å². The summed E-state index contributed by atoms with van der Waals surface area (Å²) in [6.07, 6.45) is 0. The summed E-state index contributed by atoms with van der Waals surface area (Å²) in [7, 11) is 1.47. The highest BCUT2D eigenvalue weighted by Gasteiger charge is 2.21. The molecule has 0 bridgehead atoms. The molecular weight excluding hydrogens is 212 g/mol. The highest BCUT2D eigenvalue weighted by molar-refractivity contribution is 6.35. The Kier molecular flexibility index (Phi) is 6.86. The molecule has 0 unspecified atom stereocenters. The summed E-state index contributed by atoms with van der Waals surface area (Å²) in [5.74, 6) is -1.78. The van der Waals surface area contributed by atoms with Gasteiger partial charge in [0.1, 0.15) is 0 Å². The van der Waals surface area contributed by atoms with E-state index in [1.807, 2.05) is 0 Å². The van der Waals surface area contributed by atoms with Crippen molar-refractivity contribution in [3.63, 3.8) is 0 Å². The number of nitrogens with one attached hydrogen (secondary N) is 2. The van der Waals surface area contributed by atoms with Crippen LogP contribution in [-0.4, -0.2) is 55.8 Å². The Balaban J connectivity index is 4.29. The van der Waals surface area contributed by atoms with Gasteiger partial charge >= 0.3 is 11.8 Å². The van der Waals surface area contributed by atoms with Gasteiger partial charge in [-0.3, -0.25) is 14.4 Å². The van der Waals surface area contributed by atoms with E-state index < -0.39 is 11.8 Å². The minimum atomic E-state index is -0.740. The molecule has 0 saturated carbocycles. The fourth-order valence-electron chi connectivity index (χ4n) is 0.985. The van der Waals surface area contributed by atoms with Gasteiger partial charge in [0, 0.05) is 26.7 Å². The van der Waals surface area contributed by atoms with Gasteiger partial charge in [0.25, 0.3) is 0 Å². The van der Waals surface area contributed by atoms with Crippen LogP contribution in [0.4, 0.5) is 0 Å². The van der Waals surface area contributed by atoms with Gasteiger partial charge in [-0.2, -0.15) is 0 Å². The van der Waals surface area contributed by atoms with E-state index >= 15 is 0 Å². The second-order valence-corrected chi connectivity index (χ2v) is 3.04. The molecule has 0 aliphatic heterocycles. The predicted molar refractivity (Wildman–Crippen MR) is 58.4 cm³/mol. The molecule has 16 heavy (non-hydrogen) atoms. The Morgan fingerprint density at radius 1 is 1.31 bits per heavy atom. The van der Waals surface area contributed by atoms with Gasteiger partial charge in [-0.1, -0.05) is 0 Å². The molecule has 0 aromatic rings. The van der Waals surface area contributed by atoms with Crippen molar-refractivity contribution in [3.05, 3.63) is 0 Å². The van der Waals surface area contributed by atoms with Gasteiger partial charge in [-0.15, -0.1) is 0 Å². The van der Waals surface area contributed by atoms with E-state index in [0.717, 1.165) is 4.90 Å². The minimum Gasteiger partial charge on any atom is -0.358 e. The van der Waals surface area contributed by atoms with Crippen molar-refractivity contribution in [1.82, 2.24) is 15.5 Å². The number of likely N-dealkylation sites (N-methyl/N-ethyl adjacent to an activating group) is 2. The first kappa shape index (κ1) is 14.4. The molecule has 3 amide bonds. The summed E-state index contributed by atoms with van der Waals surface area (Å²) >= 11 is 0. The lowest BCUT2D eigenvalue weighted by atomic mass is 10.4. The molecule has 0 aliphatic rings. The van der Waals surface area contributed by atoms with E-state index in [0.29, 0.717) is 6.54 Å². The molecule has 4 N–H and O–H groups in total. The van der Waals surface area contributed by atoms with E-state index in [-0.39, 0.29) is 25.5 Å². The third kappa shape index (κ3) is 4.74. The summed E-state index contributed by atoms with van der Waals surface area (Å²) in [6, 6.07) is 0. The molecule has 92 valence electrons. The summed E-state index contributed by atoms with van der Waals surface area (Å²) in [4.78, 5) is 35.0. The maximum absolute atomic E-state index is 11.5. The molecule has 0 atom stereocenters. The fourth-order valence-corrected chi connectivity index (χ4v) is 0.985. The molecule has 7 heteroatoms. The van der Waals surface area contributed by atoms with Crippen LogP contribution in [0.15, 0.2) is 0 Å². The number of hydrogen-bond acceptors (Lipinski definition) is 4. The van der Waals surface area contributed by atoms with E-state index in [1.165, 1.54) is 7.05 Å². The zero-order chi connectivity index (χ0) is 12.6. The molecule has 0 radical (unpaired) electrons. The third-order valence-electron chi connectivity index (χ3n) is 1.91. The summed E-state index contributed by atoms with van der Waals surface area (Å²) in [6.45, 7) is 2.37. The molecule has 0 aliphatic carbocycles. The van der Waals surface area contributed by atoms with Gasteiger partial charge in [0.15, 0.2) is 0 Å². The maximum atomic E-state index is 11.5. The zero-order valence-corrected chi connectivity index (χ0v) is 9.58. The maximum Gasteiger partial charge on any atom is 0.312 e. The summed E-state index contributed by atoms with van der Waals surface area (Å²) in [5, 5.41) is 4.73. The topological polar surface area (TPSA) is 105 Å². The van der Waals surface area contributed by atoms with E-state index in [2.05, 4.69) is 10.6 Å². The number of rotatable bonds is 5. The van der Waals surface area contributed by atoms with E-state index in [4.69, 9.17) is 5.73 Å². The second kappa shape index (κ2) is 7.63. The van der Waals surface area contributed by atoms with Crippen LogP contribution in [-0.2, 0) is 14.4 Å². The van der Waals surface area contributed by atoms with Crippen molar-refractivity contribution in [2.24, 2.45) is 5.73 Å². The first-order valence-electron chi connectivity index (χ1n) is 5.04. The molecule has 0 fully saturated rings. The van der Waals surface area contributed by atoms with E-state index in [9.17, 15) is 14.4 Å². The van der Waals surface area contributed by atoms with Crippen molar-refractivity contribution in [1.29, 1.82) is 0 Å². The normalized spacial score (nSPS) is 9.44. The highest BCUT2D eigenvalue weighted by atomic mass is 16.2. The smallest absolute Gasteiger partial charge is 0.312 e. The van der Waals surface area contributed by atoms with Gasteiger partial charge in [-0.05, 0) is 6.92 Å². The second-order valence-electron chi connectivity index (χ2n) is 3.04. The fraction of sp³-hybridized carbons (Fsp3) is 0.667. The Labute approximate surface area is 94.3 Å². The molecular formula is C9H18N4O3. The summed E-state index contributed by atoms with van der Waals surface area (Å²) < 4.78 is 0. The molecule has 0 rings (SSSR count). The van der Waals surface area contributed by atoms with Crippen LogP contribution in [0.5, 0.6) is 0 Å². The first-order chi connectivity index (χ1) is 7.56.